The Kier molecular flexibility index (Phi) is 6.76. The van der Waals surface area contributed by atoms with E-state index in [4.69, 9.17) is 15.2 Å². The smallest absolute Gasteiger partial charge is 0.222 e. The second-order valence-electron chi connectivity index (χ2n) is 5.89. The van der Waals surface area contributed by atoms with Gasteiger partial charge in [-0.25, -0.2) is 0 Å². The van der Waals surface area contributed by atoms with E-state index in [9.17, 15) is 4.79 Å². The zero-order valence-electron chi connectivity index (χ0n) is 12.3. The van der Waals surface area contributed by atoms with Gasteiger partial charge in [0.1, 0.15) is 0 Å². The molecule has 0 bridgehead atoms. The zero-order valence-corrected chi connectivity index (χ0v) is 12.3. The fourth-order valence-electron chi connectivity index (χ4n) is 3.12. The Morgan fingerprint density at radius 1 is 1.20 bits per heavy atom. The van der Waals surface area contributed by atoms with E-state index in [2.05, 4.69) is 5.32 Å². The van der Waals surface area contributed by atoms with E-state index in [1.807, 2.05) is 0 Å². The molecule has 0 aromatic heterocycles. The van der Waals surface area contributed by atoms with Crippen LogP contribution in [0.3, 0.4) is 0 Å². The van der Waals surface area contributed by atoms with Crippen LogP contribution in [0.25, 0.3) is 0 Å². The lowest BCUT2D eigenvalue weighted by molar-refractivity contribution is -0.124. The summed E-state index contributed by atoms with van der Waals surface area (Å²) in [6.07, 6.45) is 7.24. The van der Waals surface area contributed by atoms with Crippen LogP contribution in [0, 0.1) is 5.92 Å². The van der Waals surface area contributed by atoms with Crippen LogP contribution in [0.4, 0.5) is 0 Å². The second-order valence-corrected chi connectivity index (χ2v) is 5.89. The molecule has 1 saturated carbocycles. The summed E-state index contributed by atoms with van der Waals surface area (Å²) in [5, 5.41) is 3.13. The summed E-state index contributed by atoms with van der Waals surface area (Å²) in [7, 11) is 0. The molecule has 1 saturated heterocycles. The number of hydrogen-bond donors (Lipinski definition) is 2. The molecule has 0 spiro atoms. The number of carbonyl (C=O) groups excluding carboxylic acids is 1. The Morgan fingerprint density at radius 3 is 2.70 bits per heavy atom. The summed E-state index contributed by atoms with van der Waals surface area (Å²) < 4.78 is 11.0. The Hall–Kier alpha value is -0.650. The average molecular weight is 284 g/mol. The van der Waals surface area contributed by atoms with Crippen LogP contribution in [0.5, 0.6) is 0 Å². The lowest BCUT2D eigenvalue weighted by Gasteiger charge is -2.31. The molecule has 2 fully saturated rings. The fraction of sp³-hybridized carbons (Fsp3) is 0.933. The molecule has 1 aliphatic carbocycles. The first-order chi connectivity index (χ1) is 9.79. The van der Waals surface area contributed by atoms with E-state index >= 15 is 0 Å². The third kappa shape index (κ3) is 5.04. The Bertz CT molecular complexity index is 293. The van der Waals surface area contributed by atoms with Gasteiger partial charge in [0, 0.05) is 25.7 Å². The van der Waals surface area contributed by atoms with E-state index in [1.165, 1.54) is 12.8 Å². The van der Waals surface area contributed by atoms with Gasteiger partial charge in [-0.1, -0.05) is 12.8 Å². The molecular formula is C15H28N2O3. The molecule has 116 valence electrons. The summed E-state index contributed by atoms with van der Waals surface area (Å²) >= 11 is 0. The van der Waals surface area contributed by atoms with Crippen LogP contribution in [0.15, 0.2) is 0 Å². The normalized spacial score (nSPS) is 28.2. The van der Waals surface area contributed by atoms with Crippen LogP contribution in [0.1, 0.15) is 44.9 Å². The number of hydrogen-bond acceptors (Lipinski definition) is 4. The van der Waals surface area contributed by atoms with Crippen molar-refractivity contribution in [3.05, 3.63) is 0 Å². The van der Waals surface area contributed by atoms with Crippen molar-refractivity contribution in [3.63, 3.8) is 0 Å². The highest BCUT2D eigenvalue weighted by Crippen LogP contribution is 2.23. The van der Waals surface area contributed by atoms with Crippen molar-refractivity contribution in [2.45, 2.75) is 57.1 Å². The van der Waals surface area contributed by atoms with Crippen molar-refractivity contribution in [2.24, 2.45) is 11.7 Å². The number of amides is 1. The predicted octanol–water partition coefficient (Wildman–Crippen LogP) is 1.21. The van der Waals surface area contributed by atoms with Crippen molar-refractivity contribution in [1.82, 2.24) is 5.32 Å². The molecule has 1 heterocycles. The highest BCUT2D eigenvalue weighted by atomic mass is 16.5. The van der Waals surface area contributed by atoms with Crippen LogP contribution >= 0.6 is 0 Å². The SMILES string of the molecule is NCC1CCCCC1NC(=O)CCOC1CCOCC1. The van der Waals surface area contributed by atoms with Gasteiger partial charge in [-0.3, -0.25) is 4.79 Å². The molecule has 5 heteroatoms. The number of rotatable bonds is 6. The minimum Gasteiger partial charge on any atom is -0.381 e. The molecule has 0 aromatic carbocycles. The van der Waals surface area contributed by atoms with Gasteiger partial charge >= 0.3 is 0 Å². The van der Waals surface area contributed by atoms with E-state index in [0.29, 0.717) is 25.5 Å². The van der Waals surface area contributed by atoms with Crippen molar-refractivity contribution in [2.75, 3.05) is 26.4 Å². The third-order valence-corrected chi connectivity index (χ3v) is 4.41. The molecule has 1 aliphatic heterocycles. The molecule has 3 N–H and O–H groups in total. The molecule has 2 aliphatic rings. The molecular weight excluding hydrogens is 256 g/mol. The largest absolute Gasteiger partial charge is 0.381 e. The van der Waals surface area contributed by atoms with Crippen LogP contribution in [0.2, 0.25) is 0 Å². The van der Waals surface area contributed by atoms with Crippen LogP contribution in [-0.2, 0) is 14.3 Å². The van der Waals surface area contributed by atoms with Gasteiger partial charge in [-0.2, -0.15) is 0 Å². The first-order valence-corrected chi connectivity index (χ1v) is 7.98. The number of ether oxygens (including phenoxy) is 2. The Morgan fingerprint density at radius 2 is 1.95 bits per heavy atom. The van der Waals surface area contributed by atoms with Crippen molar-refractivity contribution in [3.8, 4) is 0 Å². The minimum absolute atomic E-state index is 0.0995. The standard InChI is InChI=1S/C15H28N2O3/c16-11-12-3-1-2-4-14(12)17-15(18)7-10-20-13-5-8-19-9-6-13/h12-14H,1-11,16H2,(H,17,18). The van der Waals surface area contributed by atoms with Gasteiger partial charge in [0.05, 0.1) is 12.7 Å². The quantitative estimate of drug-likeness (QED) is 0.769. The lowest BCUT2D eigenvalue weighted by Crippen LogP contribution is -2.45. The molecule has 0 aromatic rings. The highest BCUT2D eigenvalue weighted by molar-refractivity contribution is 5.76. The monoisotopic (exact) mass is 284 g/mol. The zero-order chi connectivity index (χ0) is 14.2. The first kappa shape index (κ1) is 15.7. The Labute approximate surface area is 121 Å². The van der Waals surface area contributed by atoms with Gasteiger partial charge in [0.2, 0.25) is 5.91 Å². The molecule has 5 nitrogen and oxygen atoms in total. The van der Waals surface area contributed by atoms with E-state index in [1.54, 1.807) is 0 Å². The van der Waals surface area contributed by atoms with Crippen LogP contribution in [-0.4, -0.2) is 44.4 Å². The van der Waals surface area contributed by atoms with Gasteiger partial charge in [-0.15, -0.1) is 0 Å². The molecule has 2 atom stereocenters. The second kappa shape index (κ2) is 8.60. The Balaban J connectivity index is 1.61. The number of carbonyl (C=O) groups is 1. The van der Waals surface area contributed by atoms with Crippen molar-refractivity contribution in [1.29, 1.82) is 0 Å². The maximum atomic E-state index is 12.0. The van der Waals surface area contributed by atoms with Gasteiger partial charge < -0.3 is 20.5 Å². The van der Waals surface area contributed by atoms with Gasteiger partial charge in [0.25, 0.3) is 0 Å². The number of nitrogens with two attached hydrogens (primary N) is 1. The van der Waals surface area contributed by atoms with E-state index < -0.39 is 0 Å². The average Bonchev–Trinajstić information content (AvgIpc) is 2.49. The molecule has 2 rings (SSSR count). The van der Waals surface area contributed by atoms with Crippen LogP contribution < -0.4 is 11.1 Å². The molecule has 1 amide bonds. The minimum atomic E-state index is 0.0995. The van der Waals surface area contributed by atoms with Crippen molar-refractivity contribution >= 4 is 5.91 Å². The fourth-order valence-corrected chi connectivity index (χ4v) is 3.12. The summed E-state index contributed by atoms with van der Waals surface area (Å²) in [6.45, 7) is 2.73. The van der Waals surface area contributed by atoms with E-state index in [0.717, 1.165) is 38.9 Å². The first-order valence-electron chi connectivity index (χ1n) is 7.98. The number of nitrogens with one attached hydrogen (secondary N) is 1. The molecule has 2 unspecified atom stereocenters. The summed E-state index contributed by atoms with van der Waals surface area (Å²) in [5.74, 6) is 0.548. The maximum Gasteiger partial charge on any atom is 0.222 e. The summed E-state index contributed by atoms with van der Waals surface area (Å²) in [4.78, 5) is 12.0. The van der Waals surface area contributed by atoms with E-state index in [-0.39, 0.29) is 18.1 Å². The lowest BCUT2D eigenvalue weighted by atomic mass is 9.84. The third-order valence-electron chi connectivity index (χ3n) is 4.41. The maximum absolute atomic E-state index is 12.0. The topological polar surface area (TPSA) is 73.6 Å². The summed E-state index contributed by atoms with van der Waals surface area (Å²) in [5.41, 5.74) is 5.78. The molecule has 20 heavy (non-hydrogen) atoms. The van der Waals surface area contributed by atoms with Gasteiger partial charge in [-0.05, 0) is 38.1 Å². The highest BCUT2D eigenvalue weighted by Gasteiger charge is 2.25. The van der Waals surface area contributed by atoms with Gasteiger partial charge in [0.15, 0.2) is 0 Å². The van der Waals surface area contributed by atoms with Crippen molar-refractivity contribution < 1.29 is 14.3 Å². The molecule has 0 radical (unpaired) electrons. The predicted molar refractivity (Wildman–Crippen MR) is 77.4 cm³/mol. The summed E-state index contributed by atoms with van der Waals surface area (Å²) in [6, 6.07) is 0.268.